The molecule has 1 atom stereocenters. The van der Waals surface area contributed by atoms with Gasteiger partial charge >= 0.3 is 6.09 Å². The number of fused-ring (bicyclic) bond motifs is 1. The van der Waals surface area contributed by atoms with Crippen molar-refractivity contribution in [1.82, 2.24) is 19.9 Å². The molecule has 1 aromatic carbocycles. The Labute approximate surface area is 207 Å². The summed E-state index contributed by atoms with van der Waals surface area (Å²) in [6.07, 6.45) is 1.69. The summed E-state index contributed by atoms with van der Waals surface area (Å²) >= 11 is 0. The molecule has 1 N–H and O–H groups in total. The van der Waals surface area contributed by atoms with Crippen LogP contribution < -0.4 is 10.8 Å². The summed E-state index contributed by atoms with van der Waals surface area (Å²) in [7, 11) is 1.84. The van der Waals surface area contributed by atoms with Crippen LogP contribution in [0.1, 0.15) is 62.8 Å². The summed E-state index contributed by atoms with van der Waals surface area (Å²) in [4.78, 5) is 25.4. The van der Waals surface area contributed by atoms with Crippen LogP contribution in [0.2, 0.25) is 0 Å². The lowest BCUT2D eigenvalue weighted by Gasteiger charge is -2.19. The third kappa shape index (κ3) is 6.50. The average Bonchev–Trinajstić information content (AvgIpc) is 2.78. The van der Waals surface area contributed by atoms with Crippen LogP contribution >= 0.6 is 0 Å². The molecule has 0 spiro atoms. The van der Waals surface area contributed by atoms with Crippen LogP contribution in [0.25, 0.3) is 17.0 Å². The molecule has 1 amide bonds. The van der Waals surface area contributed by atoms with Crippen LogP contribution in [-0.4, -0.2) is 32.8 Å². The number of carbonyl (C=O) groups excluding carboxylic acids is 1. The number of amides is 1. The molecular formula is C26H30F3N5O2. The Morgan fingerprint density at radius 2 is 1.97 bits per heavy atom. The van der Waals surface area contributed by atoms with Crippen LogP contribution in [0.15, 0.2) is 41.5 Å². The largest absolute Gasteiger partial charge is 0.444 e. The lowest BCUT2D eigenvalue weighted by atomic mass is 10.0. The van der Waals surface area contributed by atoms with Crippen LogP contribution in [0.4, 0.5) is 18.0 Å². The lowest BCUT2D eigenvalue weighted by molar-refractivity contribution is 0.0534. The van der Waals surface area contributed by atoms with Crippen molar-refractivity contribution in [3.05, 3.63) is 70.5 Å². The summed E-state index contributed by atoms with van der Waals surface area (Å²) in [6.45, 7) is 9.02. The van der Waals surface area contributed by atoms with E-state index >= 15 is 0 Å². The molecule has 7 nitrogen and oxygen atoms in total. The van der Waals surface area contributed by atoms with Crippen LogP contribution in [0.5, 0.6) is 0 Å². The first-order valence-electron chi connectivity index (χ1n) is 11.4. The number of pyridine rings is 1. The van der Waals surface area contributed by atoms with Crippen molar-refractivity contribution in [3.63, 3.8) is 0 Å². The smallest absolute Gasteiger partial charge is 0.407 e. The van der Waals surface area contributed by atoms with E-state index in [0.717, 1.165) is 11.6 Å². The summed E-state index contributed by atoms with van der Waals surface area (Å²) in [5, 5.41) is 3.30. The van der Waals surface area contributed by atoms with Crippen LogP contribution in [0.3, 0.4) is 0 Å². The number of ether oxygens (including phenoxy) is 1. The first-order chi connectivity index (χ1) is 16.9. The van der Waals surface area contributed by atoms with Gasteiger partial charge in [-0.15, -0.1) is 0 Å². The molecule has 0 aliphatic carbocycles. The molecule has 10 heteroatoms. The zero-order valence-electron chi connectivity index (χ0n) is 21.1. The first kappa shape index (κ1) is 26.9. The molecule has 2 aromatic heterocycles. The van der Waals surface area contributed by atoms with Gasteiger partial charge in [0.2, 0.25) is 0 Å². The van der Waals surface area contributed by atoms with Gasteiger partial charge < -0.3 is 14.6 Å². The van der Waals surface area contributed by atoms with Crippen LogP contribution in [-0.2, 0) is 11.8 Å². The number of hydrogen-bond acceptors (Lipinski definition) is 5. The molecule has 36 heavy (non-hydrogen) atoms. The highest BCUT2D eigenvalue weighted by molar-refractivity contribution is 5.79. The molecule has 2 heterocycles. The van der Waals surface area contributed by atoms with Gasteiger partial charge in [-0.1, -0.05) is 24.3 Å². The average molecular weight is 502 g/mol. The number of aryl methyl sites for hydroxylation is 2. The quantitative estimate of drug-likeness (QED) is 0.480. The molecule has 3 rings (SSSR count). The number of nitrogens with zero attached hydrogens (tertiary/aromatic N) is 4. The topological polar surface area (TPSA) is 81.4 Å². The predicted molar refractivity (Wildman–Crippen MR) is 132 cm³/mol. The Bertz CT molecular complexity index is 1360. The number of benzene rings is 1. The lowest BCUT2D eigenvalue weighted by Crippen LogP contribution is -2.32. The summed E-state index contributed by atoms with van der Waals surface area (Å²) in [5.74, 6) is -0.309. The standard InChI is InChI=1S/C26H30F3N5O2/c1-15(18-10-7-11-19(22(18)27)23(28)29)32-24-20-13-17(31-14-21(20)34(6)16(2)33-24)9-8-12-30-25(35)36-26(3,4)5/h7-11,13-15,23H,12H2,1-6H3,(H,30,35)/b9-8+,32-24?/t15-/m1/s1. The maximum atomic E-state index is 14.7. The minimum absolute atomic E-state index is 0.0658. The number of nitrogens with one attached hydrogen (secondary N) is 1. The Kier molecular flexibility index (Phi) is 8.17. The highest BCUT2D eigenvalue weighted by Crippen LogP contribution is 2.28. The van der Waals surface area contributed by atoms with E-state index in [2.05, 4.69) is 20.3 Å². The van der Waals surface area contributed by atoms with E-state index in [-0.39, 0.29) is 12.1 Å². The highest BCUT2D eigenvalue weighted by atomic mass is 19.3. The molecule has 0 fully saturated rings. The van der Waals surface area contributed by atoms with E-state index in [4.69, 9.17) is 4.74 Å². The molecule has 0 bridgehead atoms. The van der Waals surface area contributed by atoms with E-state index in [1.54, 1.807) is 59.0 Å². The van der Waals surface area contributed by atoms with Crippen molar-refractivity contribution in [3.8, 4) is 0 Å². The fraction of sp³-hybridized carbons (Fsp3) is 0.385. The zero-order valence-corrected chi connectivity index (χ0v) is 21.1. The van der Waals surface area contributed by atoms with E-state index in [1.807, 2.05) is 11.6 Å². The van der Waals surface area contributed by atoms with Gasteiger partial charge in [0.1, 0.15) is 17.2 Å². The number of alkyl halides is 2. The summed E-state index contributed by atoms with van der Waals surface area (Å²) in [5.41, 5.74) is 0.512. The Balaban J connectivity index is 1.95. The Morgan fingerprint density at radius 1 is 1.28 bits per heavy atom. The van der Waals surface area contributed by atoms with Crippen molar-refractivity contribution in [2.75, 3.05) is 6.54 Å². The fourth-order valence-electron chi connectivity index (χ4n) is 3.51. The number of alkyl carbamates (subject to hydrolysis) is 1. The third-order valence-corrected chi connectivity index (χ3v) is 5.37. The van der Waals surface area contributed by atoms with Gasteiger partial charge in [0, 0.05) is 24.5 Å². The van der Waals surface area contributed by atoms with Gasteiger partial charge in [-0.2, -0.15) is 0 Å². The maximum absolute atomic E-state index is 14.7. The molecule has 192 valence electrons. The minimum Gasteiger partial charge on any atom is -0.444 e. The van der Waals surface area contributed by atoms with Gasteiger partial charge in [-0.05, 0) is 46.8 Å². The van der Waals surface area contributed by atoms with Gasteiger partial charge in [0.15, 0.2) is 5.49 Å². The Morgan fingerprint density at radius 3 is 2.64 bits per heavy atom. The minimum atomic E-state index is -2.92. The number of carbonyl (C=O) groups is 1. The first-order valence-corrected chi connectivity index (χ1v) is 11.4. The molecule has 0 aliphatic rings. The predicted octanol–water partition coefficient (Wildman–Crippen LogP) is 5.55. The van der Waals surface area contributed by atoms with Crippen molar-refractivity contribution < 1.29 is 22.7 Å². The van der Waals surface area contributed by atoms with E-state index in [9.17, 15) is 18.0 Å². The van der Waals surface area contributed by atoms with Crippen molar-refractivity contribution in [1.29, 1.82) is 0 Å². The van der Waals surface area contributed by atoms with E-state index in [1.165, 1.54) is 12.1 Å². The number of aromatic nitrogens is 3. The summed E-state index contributed by atoms with van der Waals surface area (Å²) in [6, 6.07) is 4.94. The maximum Gasteiger partial charge on any atom is 0.407 e. The molecule has 0 unspecified atom stereocenters. The SMILES string of the molecule is Cc1nc(=N[C@H](C)c2cccc(C(F)F)c2F)c2cc(/C=C/CNC(=O)OC(C)(C)C)ncc2n1C. The van der Waals surface area contributed by atoms with Crippen molar-refractivity contribution in [2.24, 2.45) is 12.0 Å². The molecule has 0 saturated heterocycles. The number of hydrogen-bond donors (Lipinski definition) is 1. The zero-order chi connectivity index (χ0) is 26.6. The fourth-order valence-corrected chi connectivity index (χ4v) is 3.51. The molecule has 0 radical (unpaired) electrons. The second-order valence-corrected chi connectivity index (χ2v) is 9.31. The molecule has 0 aliphatic heterocycles. The molecule has 0 saturated carbocycles. The van der Waals surface area contributed by atoms with Gasteiger partial charge in [0.25, 0.3) is 6.43 Å². The molecule has 3 aromatic rings. The number of rotatable bonds is 6. The Hall–Kier alpha value is -3.69. The van der Waals surface area contributed by atoms with E-state index in [0.29, 0.717) is 22.4 Å². The highest BCUT2D eigenvalue weighted by Gasteiger charge is 2.19. The van der Waals surface area contributed by atoms with Crippen LogP contribution in [0, 0.1) is 12.7 Å². The van der Waals surface area contributed by atoms with Gasteiger partial charge in [-0.3, -0.25) is 9.98 Å². The van der Waals surface area contributed by atoms with Crippen molar-refractivity contribution >= 4 is 23.1 Å². The van der Waals surface area contributed by atoms with Crippen molar-refractivity contribution in [2.45, 2.75) is 52.7 Å². The third-order valence-electron chi connectivity index (χ3n) is 5.37. The second kappa shape index (κ2) is 10.9. The molecular weight excluding hydrogens is 471 g/mol. The second-order valence-electron chi connectivity index (χ2n) is 9.31. The number of halogens is 3. The van der Waals surface area contributed by atoms with Gasteiger partial charge in [-0.25, -0.2) is 22.9 Å². The summed E-state index contributed by atoms with van der Waals surface area (Å²) < 4.78 is 48.1. The normalized spacial score (nSPS) is 13.6. The monoisotopic (exact) mass is 501 g/mol. The van der Waals surface area contributed by atoms with Gasteiger partial charge in [0.05, 0.1) is 29.0 Å². The van der Waals surface area contributed by atoms with E-state index < -0.39 is 35.5 Å².